The Morgan fingerprint density at radius 1 is 0.455 bits per heavy atom. The molecule has 654 valence electrons. The van der Waals surface area contributed by atoms with Gasteiger partial charge in [0.2, 0.25) is 47.2 Å². The molecule has 2 aliphatic carbocycles. The molecular formula is C88H115B3Br2N16O14. The second-order valence-corrected chi connectivity index (χ2v) is 41.1. The monoisotopic (exact) mass is 1810 g/mol. The van der Waals surface area contributed by atoms with Crippen molar-refractivity contribution in [3.63, 3.8) is 0 Å². The number of pyridine rings is 6. The summed E-state index contributed by atoms with van der Waals surface area (Å²) in [6, 6.07) is 12.6. The number of nitrogens with zero attached hydrogens (tertiary/aromatic N) is 13. The molecule has 4 atom stereocenters. The van der Waals surface area contributed by atoms with Gasteiger partial charge in [-0.15, -0.1) is 0 Å². The van der Waals surface area contributed by atoms with Crippen LogP contribution in [0, 0.1) is 18.8 Å². The lowest BCUT2D eigenvalue weighted by molar-refractivity contribution is -0.122. The van der Waals surface area contributed by atoms with Crippen molar-refractivity contribution in [2.45, 2.75) is 277 Å². The Bertz CT molecular complexity index is 5470. The van der Waals surface area contributed by atoms with Gasteiger partial charge in [-0.05, 0) is 253 Å². The third-order valence-corrected chi connectivity index (χ3v) is 27.7. The van der Waals surface area contributed by atoms with Gasteiger partial charge in [-0.25, -0.2) is 19.9 Å². The van der Waals surface area contributed by atoms with Gasteiger partial charge in [0.25, 0.3) is 0 Å². The standard InChI is InChI=1S/C25H28N6O3.C16H23BN2O3.C16H20N4O2.C12H24B2O4.C10H11BrN2O.C9H9BrN2O/c1-13(14-8-20(32)26-10-14)34-23-21-18(28-12-31(21)16-5-6-16)9-17(29-23)15-7-19-22(27-11-15)25(2,3)24(33)30(19)4;1-14(2)12-11(19(7)13(14)20)8-10(9-18-12)17-21-15(3,4)16(5,6)22-17;1-9-5-13-15(20(8-18-13)12-3-4-12)16(19-9)22-10(2)11-6-14(21)17-7-11;1-9(2)10(3,4)16-13(15-9)14-17-11(5,6)12(7,8)18-14;1-10(2)8-7(13(3)9(10)14)4-6(11)5-12-8;1-9(2)7-6(12-8(9)13)3-5(10)4-11-7/h7,9,11-14,16H,5-6,8,10H2,1-4H3,(H,26,32);8-9H,1-7H3;5,8,10-12H,3-4,6-7H2,1-2H3,(H,17,21);1-8H3;4-5H,1-3H3;3-4H,1-2H3,(H,12,13)/t13-,14-;;10-,11-;;;/m1.1.../s1. The number of fused-ring (bicyclic) bond motifs is 6. The van der Waals surface area contributed by atoms with Crippen LogP contribution in [0.5, 0.6) is 11.8 Å². The van der Waals surface area contributed by atoms with E-state index in [4.69, 9.17) is 42.4 Å². The Morgan fingerprint density at radius 3 is 1.27 bits per heavy atom. The number of ether oxygens (including phenoxy) is 2. The molecule has 17 heterocycles. The Hall–Kier alpha value is -8.83. The highest BCUT2D eigenvalue weighted by Crippen LogP contribution is 2.49. The maximum absolute atomic E-state index is 12.7. The van der Waals surface area contributed by atoms with Gasteiger partial charge >= 0.3 is 21.1 Å². The quantitative estimate of drug-likeness (QED) is 0.101. The molecule has 8 aromatic rings. The van der Waals surface area contributed by atoms with Gasteiger partial charge in [-0.3, -0.25) is 48.7 Å². The minimum Gasteiger partial charge on any atom is -0.473 e. The van der Waals surface area contributed by atoms with Crippen LogP contribution < -0.4 is 45.6 Å². The van der Waals surface area contributed by atoms with Crippen LogP contribution in [0.2, 0.25) is 0 Å². The number of aryl methyl sites for hydroxylation is 1. The third-order valence-electron chi connectivity index (χ3n) is 26.8. The summed E-state index contributed by atoms with van der Waals surface area (Å²) in [5.74, 6) is 1.80. The number of likely N-dealkylation sites (N-methyl/N-ethyl adjacent to an activating group) is 3. The molecule has 8 aromatic heterocycles. The van der Waals surface area contributed by atoms with E-state index in [9.17, 15) is 28.8 Å². The minimum absolute atomic E-state index is 0.00750. The summed E-state index contributed by atoms with van der Waals surface area (Å²) in [7, 11) is 3.93. The fourth-order valence-electron chi connectivity index (χ4n) is 16.3. The lowest BCUT2D eigenvalue weighted by atomic mass is 9.49. The summed E-state index contributed by atoms with van der Waals surface area (Å²) in [5.41, 5.74) is 8.98. The summed E-state index contributed by atoms with van der Waals surface area (Å²) >= 11 is 6.66. The molecule has 6 amide bonds. The summed E-state index contributed by atoms with van der Waals surface area (Å²) < 4.78 is 54.6. The number of carbonyl (C=O) groups excluding carboxylic acids is 6. The summed E-state index contributed by atoms with van der Waals surface area (Å²) in [6.45, 7) is 46.7. The van der Waals surface area contributed by atoms with Crippen molar-refractivity contribution in [3.05, 3.63) is 111 Å². The van der Waals surface area contributed by atoms with Crippen LogP contribution in [0.1, 0.15) is 231 Å². The van der Waals surface area contributed by atoms with Crippen molar-refractivity contribution in [1.29, 1.82) is 0 Å². The predicted molar refractivity (Wildman–Crippen MR) is 479 cm³/mol. The lowest BCUT2D eigenvalue weighted by Gasteiger charge is -2.32. The SMILES string of the molecule is CC1(C)C(=O)Nc2cc(Br)cnc21.CC1(C)OB(B2OC(C)(C)C(C)(C)O2)OC1(C)C.CN1C(=O)C(C)(C)c2ncc(B3OC(C)(C)C(C)(C)O3)cc21.CN1C(=O)C(C)(C)c2ncc(Br)cc21.C[C@@H](Oc1nc(-c2cnc3c(c2)N(C)C(=O)C3(C)C)cc2ncn(C3CC3)c12)[C@H]1CNC(=O)C1.Cc1cc2ncn(C3CC3)c2c(O[C@H](C)[C@H]2CNC(=O)C2)n1. The van der Waals surface area contributed by atoms with Crippen molar-refractivity contribution in [2.24, 2.45) is 11.8 Å². The molecule has 19 rings (SSSR count). The summed E-state index contributed by atoms with van der Waals surface area (Å²) in [6.07, 6.45) is 16.1. The van der Waals surface area contributed by atoms with E-state index >= 15 is 0 Å². The molecule has 0 aromatic carbocycles. The van der Waals surface area contributed by atoms with E-state index in [1.54, 1.807) is 60.6 Å². The second kappa shape index (κ2) is 32.2. The molecule has 0 unspecified atom stereocenters. The number of halogens is 2. The molecule has 30 nitrogen and oxygen atoms in total. The van der Waals surface area contributed by atoms with Gasteiger partial charge in [0.05, 0.1) is 130 Å². The second-order valence-electron chi connectivity index (χ2n) is 39.2. The van der Waals surface area contributed by atoms with Gasteiger partial charge < -0.3 is 77.2 Å². The first kappa shape index (κ1) is 90.4. The highest BCUT2D eigenvalue weighted by molar-refractivity contribution is 9.10. The largest absolute Gasteiger partial charge is 0.496 e. The molecule has 123 heavy (non-hydrogen) atoms. The van der Waals surface area contributed by atoms with Crippen molar-refractivity contribution >= 4 is 139 Å². The summed E-state index contributed by atoms with van der Waals surface area (Å²) in [4.78, 5) is 113. The number of rotatable bonds is 11. The fourth-order valence-corrected chi connectivity index (χ4v) is 17.0. The normalized spacial score (nSPS) is 23.4. The fraction of sp³-hybridized carbons (Fsp3) is 0.568. The van der Waals surface area contributed by atoms with E-state index in [0.717, 1.165) is 106 Å². The molecule has 5 saturated heterocycles. The molecule has 7 fully saturated rings. The van der Waals surface area contributed by atoms with Gasteiger partial charge in [-0.2, -0.15) is 0 Å². The molecule has 2 saturated carbocycles. The number of nitrogens with one attached hydrogen (secondary N) is 3. The molecular weight excluding hydrogens is 1700 g/mol. The zero-order valence-electron chi connectivity index (χ0n) is 75.6. The topological polar surface area (TPSA) is 335 Å². The van der Waals surface area contributed by atoms with Crippen LogP contribution in [0.25, 0.3) is 33.3 Å². The molecule has 0 bridgehead atoms. The number of hydrogen-bond acceptors (Lipinski definition) is 22. The van der Waals surface area contributed by atoms with E-state index in [1.165, 1.54) is 12.8 Å². The van der Waals surface area contributed by atoms with Crippen molar-refractivity contribution in [3.8, 4) is 23.0 Å². The number of carbonyl (C=O) groups is 6. The maximum Gasteiger partial charge on any atom is 0.496 e. The first-order chi connectivity index (χ1) is 57.2. The zero-order valence-corrected chi connectivity index (χ0v) is 78.7. The number of anilines is 4. The number of hydrogen-bond donors (Lipinski definition) is 3. The number of aromatic nitrogens is 10. The average molecular weight is 1810 g/mol. The van der Waals surface area contributed by atoms with Crippen molar-refractivity contribution in [2.75, 3.05) is 54.2 Å². The zero-order chi connectivity index (χ0) is 89.7. The van der Waals surface area contributed by atoms with Gasteiger partial charge in [0.15, 0.2) is 0 Å². The molecule has 35 heteroatoms. The molecule has 0 radical (unpaired) electrons. The smallest absolute Gasteiger partial charge is 0.473 e. The minimum atomic E-state index is -0.653. The van der Waals surface area contributed by atoms with Gasteiger partial charge in [-0.1, -0.05) is 0 Å². The lowest BCUT2D eigenvalue weighted by Crippen LogP contribution is -2.41. The van der Waals surface area contributed by atoms with Crippen LogP contribution in [0.15, 0.2) is 82.8 Å². The number of imidazole rings is 2. The van der Waals surface area contributed by atoms with Gasteiger partial charge in [0, 0.05) is 121 Å². The molecule has 9 aliphatic heterocycles. The molecule has 3 N–H and O–H groups in total. The van der Waals surface area contributed by atoms with Crippen molar-refractivity contribution in [1.82, 2.24) is 59.6 Å². The third kappa shape index (κ3) is 17.1. The van der Waals surface area contributed by atoms with Crippen LogP contribution in [-0.4, -0.2) is 186 Å². The first-order valence-electron chi connectivity index (χ1n) is 42.3. The van der Waals surface area contributed by atoms with Crippen LogP contribution in [0.3, 0.4) is 0 Å². The van der Waals surface area contributed by atoms with Crippen LogP contribution >= 0.6 is 31.9 Å². The van der Waals surface area contributed by atoms with E-state index in [2.05, 4.69) is 91.8 Å². The number of amides is 6. The highest BCUT2D eigenvalue weighted by Gasteiger charge is 2.64. The first-order valence-corrected chi connectivity index (χ1v) is 43.9. The van der Waals surface area contributed by atoms with Crippen molar-refractivity contribution < 1.29 is 66.2 Å². The Balaban J connectivity index is 0.000000124. The predicted octanol–water partition coefficient (Wildman–Crippen LogP) is 13.0. The molecule has 0 spiro atoms. The Labute approximate surface area is 737 Å². The van der Waals surface area contributed by atoms with E-state index in [1.807, 2.05) is 208 Å². The van der Waals surface area contributed by atoms with E-state index in [0.29, 0.717) is 55.5 Å². The van der Waals surface area contributed by atoms with E-state index in [-0.39, 0.29) is 81.9 Å². The summed E-state index contributed by atoms with van der Waals surface area (Å²) in [5, 5.41) is 8.55. The Morgan fingerprint density at radius 2 is 0.837 bits per heavy atom. The van der Waals surface area contributed by atoms with Crippen LogP contribution in [0.4, 0.5) is 22.7 Å². The average Bonchev–Trinajstić information content (AvgIpc) is 1.60. The van der Waals surface area contributed by atoms with E-state index < -0.39 is 54.0 Å². The highest BCUT2D eigenvalue weighted by atomic mass is 79.9. The maximum atomic E-state index is 12.7. The molecule has 11 aliphatic rings. The van der Waals surface area contributed by atoms with Crippen LogP contribution in [-0.2, 0) is 78.4 Å². The Kier molecular flexibility index (Phi) is 23.7. The van der Waals surface area contributed by atoms with Gasteiger partial charge in [0.1, 0.15) is 23.2 Å².